The molecular formula is C15H22Cl2N4O. The van der Waals surface area contributed by atoms with Crippen LogP contribution in [0, 0.1) is 0 Å². The Labute approximate surface area is 141 Å². The fourth-order valence-electron chi connectivity index (χ4n) is 1.83. The first-order valence-corrected chi connectivity index (χ1v) is 7.97. The molecule has 0 bridgehead atoms. The van der Waals surface area contributed by atoms with Gasteiger partial charge in [0.15, 0.2) is 5.96 Å². The minimum atomic E-state index is -0.109. The monoisotopic (exact) mass is 344 g/mol. The van der Waals surface area contributed by atoms with Crippen molar-refractivity contribution in [3.8, 4) is 0 Å². The molecule has 0 fully saturated rings. The molecule has 1 unspecified atom stereocenters. The van der Waals surface area contributed by atoms with Crippen LogP contribution in [0.2, 0.25) is 10.0 Å². The van der Waals surface area contributed by atoms with Crippen LogP contribution in [-0.2, 0) is 4.79 Å². The second-order valence-electron chi connectivity index (χ2n) is 4.90. The molecule has 0 aliphatic carbocycles. The van der Waals surface area contributed by atoms with Gasteiger partial charge in [0.1, 0.15) is 0 Å². The number of nitrogens with two attached hydrogens (primary N) is 1. The summed E-state index contributed by atoms with van der Waals surface area (Å²) in [5.41, 5.74) is 6.70. The molecule has 0 saturated carbocycles. The maximum absolute atomic E-state index is 11.4. The van der Waals surface area contributed by atoms with Crippen molar-refractivity contribution in [2.45, 2.75) is 32.7 Å². The number of amides is 1. The van der Waals surface area contributed by atoms with Crippen molar-refractivity contribution in [3.63, 3.8) is 0 Å². The minimum Gasteiger partial charge on any atom is -0.370 e. The van der Waals surface area contributed by atoms with E-state index in [1.807, 2.05) is 19.9 Å². The van der Waals surface area contributed by atoms with E-state index in [1.54, 1.807) is 12.1 Å². The Hall–Kier alpha value is -1.46. The number of benzene rings is 1. The van der Waals surface area contributed by atoms with Crippen molar-refractivity contribution < 1.29 is 4.79 Å². The fraction of sp³-hybridized carbons (Fsp3) is 0.467. The second kappa shape index (κ2) is 9.54. The lowest BCUT2D eigenvalue weighted by molar-refractivity contribution is -0.120. The molecule has 0 aliphatic rings. The fourth-order valence-corrected chi connectivity index (χ4v) is 2.40. The Balaban J connectivity index is 2.47. The molecule has 0 aromatic heterocycles. The van der Waals surface area contributed by atoms with Crippen LogP contribution in [0.15, 0.2) is 23.2 Å². The van der Waals surface area contributed by atoms with Gasteiger partial charge in [-0.05, 0) is 31.0 Å². The van der Waals surface area contributed by atoms with Gasteiger partial charge in [0.2, 0.25) is 5.91 Å². The van der Waals surface area contributed by atoms with Crippen LogP contribution in [0.1, 0.15) is 38.3 Å². The third-order valence-electron chi connectivity index (χ3n) is 2.99. The molecule has 122 valence electrons. The van der Waals surface area contributed by atoms with Crippen molar-refractivity contribution in [1.29, 1.82) is 0 Å². The van der Waals surface area contributed by atoms with Crippen LogP contribution in [0.3, 0.4) is 0 Å². The number of carbonyl (C=O) groups excluding carboxylic acids is 1. The lowest BCUT2D eigenvalue weighted by Crippen LogP contribution is -2.34. The summed E-state index contributed by atoms with van der Waals surface area (Å²) in [5, 5.41) is 6.98. The summed E-state index contributed by atoms with van der Waals surface area (Å²) in [7, 11) is 0. The van der Waals surface area contributed by atoms with E-state index in [4.69, 9.17) is 28.9 Å². The molecule has 0 spiro atoms. The average Bonchev–Trinajstić information content (AvgIpc) is 2.44. The predicted molar refractivity (Wildman–Crippen MR) is 92.4 cm³/mol. The summed E-state index contributed by atoms with van der Waals surface area (Å²) in [6, 6.07) is 5.18. The molecule has 0 aliphatic heterocycles. The van der Waals surface area contributed by atoms with Gasteiger partial charge in [-0.25, -0.2) is 0 Å². The number of rotatable bonds is 7. The zero-order valence-corrected chi connectivity index (χ0v) is 14.3. The summed E-state index contributed by atoms with van der Waals surface area (Å²) in [6.45, 7) is 4.95. The van der Waals surface area contributed by atoms with Crippen molar-refractivity contribution >= 4 is 35.1 Å². The molecule has 1 aromatic rings. The van der Waals surface area contributed by atoms with Gasteiger partial charge in [-0.3, -0.25) is 9.79 Å². The number of hydrogen-bond acceptors (Lipinski definition) is 2. The van der Waals surface area contributed by atoms with Gasteiger partial charge in [0, 0.05) is 23.0 Å². The first-order chi connectivity index (χ1) is 10.4. The molecule has 4 N–H and O–H groups in total. The predicted octanol–water partition coefficient (Wildman–Crippen LogP) is 2.88. The zero-order valence-electron chi connectivity index (χ0n) is 12.8. The standard InChI is InChI=1S/C15H22Cl2N4O/c1-3-7-19-14(22)6-8-20-15(18)21-10(2)12-5-4-11(16)9-13(12)17/h4-5,9-10H,3,6-8H2,1-2H3,(H,19,22)(H3,18,20,21). The lowest BCUT2D eigenvalue weighted by Gasteiger charge is -2.16. The quantitative estimate of drug-likeness (QED) is 0.525. The summed E-state index contributed by atoms with van der Waals surface area (Å²) >= 11 is 12.0. The highest BCUT2D eigenvalue weighted by molar-refractivity contribution is 6.35. The number of nitrogens with one attached hydrogen (secondary N) is 2. The van der Waals surface area contributed by atoms with E-state index in [1.165, 1.54) is 0 Å². The van der Waals surface area contributed by atoms with Crippen LogP contribution in [0.25, 0.3) is 0 Å². The van der Waals surface area contributed by atoms with Crippen LogP contribution >= 0.6 is 23.2 Å². The van der Waals surface area contributed by atoms with E-state index in [9.17, 15) is 4.79 Å². The minimum absolute atomic E-state index is 0.0211. The number of nitrogens with zero attached hydrogens (tertiary/aromatic N) is 1. The number of hydrogen-bond donors (Lipinski definition) is 3. The van der Waals surface area contributed by atoms with Crippen molar-refractivity contribution in [3.05, 3.63) is 33.8 Å². The van der Waals surface area contributed by atoms with Gasteiger partial charge in [-0.2, -0.15) is 0 Å². The molecule has 0 heterocycles. The summed E-state index contributed by atoms with van der Waals surface area (Å²) in [4.78, 5) is 15.6. The summed E-state index contributed by atoms with van der Waals surface area (Å²) in [6.07, 6.45) is 1.23. The van der Waals surface area contributed by atoms with Crippen LogP contribution in [0.5, 0.6) is 0 Å². The first-order valence-electron chi connectivity index (χ1n) is 7.22. The highest BCUT2D eigenvalue weighted by Gasteiger charge is 2.10. The van der Waals surface area contributed by atoms with Crippen molar-refractivity contribution in [2.75, 3.05) is 13.1 Å². The SMILES string of the molecule is CCCNC(=O)CCN=C(N)NC(C)c1ccc(Cl)cc1Cl. The molecule has 1 amide bonds. The maximum atomic E-state index is 11.4. The van der Waals surface area contributed by atoms with E-state index in [-0.39, 0.29) is 17.9 Å². The highest BCUT2D eigenvalue weighted by Crippen LogP contribution is 2.25. The number of carbonyl (C=O) groups is 1. The third kappa shape index (κ3) is 6.54. The van der Waals surface area contributed by atoms with Crippen LogP contribution < -0.4 is 16.4 Å². The molecule has 1 rings (SSSR count). The van der Waals surface area contributed by atoms with Gasteiger partial charge in [-0.15, -0.1) is 0 Å². The molecule has 22 heavy (non-hydrogen) atoms. The Kier molecular flexibility index (Phi) is 8.06. The molecule has 7 heteroatoms. The van der Waals surface area contributed by atoms with Crippen molar-refractivity contribution in [2.24, 2.45) is 10.7 Å². The Bertz CT molecular complexity index is 534. The van der Waals surface area contributed by atoms with E-state index in [2.05, 4.69) is 15.6 Å². The molecule has 1 atom stereocenters. The largest absolute Gasteiger partial charge is 0.370 e. The smallest absolute Gasteiger partial charge is 0.221 e. The van der Waals surface area contributed by atoms with Crippen molar-refractivity contribution in [1.82, 2.24) is 10.6 Å². The number of halogens is 2. The van der Waals surface area contributed by atoms with Gasteiger partial charge < -0.3 is 16.4 Å². The van der Waals surface area contributed by atoms with E-state index in [0.717, 1.165) is 12.0 Å². The molecule has 0 radical (unpaired) electrons. The second-order valence-corrected chi connectivity index (χ2v) is 5.74. The van der Waals surface area contributed by atoms with Crippen LogP contribution in [-0.4, -0.2) is 25.0 Å². The van der Waals surface area contributed by atoms with E-state index >= 15 is 0 Å². The average molecular weight is 345 g/mol. The molecular weight excluding hydrogens is 323 g/mol. The first kappa shape index (κ1) is 18.6. The molecule has 0 saturated heterocycles. The van der Waals surface area contributed by atoms with Gasteiger partial charge >= 0.3 is 0 Å². The van der Waals surface area contributed by atoms with Gasteiger partial charge in [-0.1, -0.05) is 36.2 Å². The zero-order chi connectivity index (χ0) is 16.5. The lowest BCUT2D eigenvalue weighted by atomic mass is 10.1. The van der Waals surface area contributed by atoms with E-state index in [0.29, 0.717) is 29.6 Å². The normalized spacial score (nSPS) is 12.8. The number of guanidine groups is 1. The maximum Gasteiger partial charge on any atom is 0.221 e. The highest BCUT2D eigenvalue weighted by atomic mass is 35.5. The Morgan fingerprint density at radius 2 is 2.14 bits per heavy atom. The van der Waals surface area contributed by atoms with Crippen LogP contribution in [0.4, 0.5) is 0 Å². The van der Waals surface area contributed by atoms with Gasteiger partial charge in [0.25, 0.3) is 0 Å². The van der Waals surface area contributed by atoms with E-state index < -0.39 is 0 Å². The summed E-state index contributed by atoms with van der Waals surface area (Å²) < 4.78 is 0. The Morgan fingerprint density at radius 3 is 2.77 bits per heavy atom. The Morgan fingerprint density at radius 1 is 1.41 bits per heavy atom. The topological polar surface area (TPSA) is 79.5 Å². The van der Waals surface area contributed by atoms with Gasteiger partial charge in [0.05, 0.1) is 12.6 Å². The summed E-state index contributed by atoms with van der Waals surface area (Å²) in [5.74, 6) is 0.258. The molecule has 1 aromatic carbocycles. The third-order valence-corrected chi connectivity index (χ3v) is 3.55. The number of aliphatic imine (C=N–C) groups is 1. The molecule has 5 nitrogen and oxygen atoms in total.